The molecule has 7 heteroatoms. The van der Waals surface area contributed by atoms with Crippen LogP contribution < -0.4 is 5.32 Å². The standard InChI is InChI=1S/C9H18O3.C6H11NO3/c1-3-4-5-11-6-7-12-8-9(2)10;1-4(8)3-5(7-2)6(9)10/h3-8H2,1-2H3;5,7H,3H2,1-2H3,(H,9,10)/t;5-/m.0/s1. The molecule has 0 aromatic heterocycles. The minimum Gasteiger partial charge on any atom is -0.480 e. The van der Waals surface area contributed by atoms with Crippen LogP contribution in [0.2, 0.25) is 0 Å². The second-order valence-electron chi connectivity index (χ2n) is 4.81. The molecule has 22 heavy (non-hydrogen) atoms. The van der Waals surface area contributed by atoms with E-state index in [1.54, 1.807) is 0 Å². The first kappa shape index (κ1) is 23.0. The molecular formula is C15H29NO6. The van der Waals surface area contributed by atoms with Crippen molar-refractivity contribution >= 4 is 17.5 Å². The van der Waals surface area contributed by atoms with Gasteiger partial charge in [0.05, 0.1) is 13.2 Å². The molecule has 0 aromatic rings. The van der Waals surface area contributed by atoms with Crippen molar-refractivity contribution in [3.63, 3.8) is 0 Å². The molecule has 0 saturated heterocycles. The average Bonchev–Trinajstić information content (AvgIpc) is 2.43. The van der Waals surface area contributed by atoms with Gasteiger partial charge in [0, 0.05) is 13.0 Å². The predicted molar refractivity (Wildman–Crippen MR) is 83.0 cm³/mol. The fourth-order valence-corrected chi connectivity index (χ4v) is 1.28. The van der Waals surface area contributed by atoms with Gasteiger partial charge in [-0.05, 0) is 27.3 Å². The summed E-state index contributed by atoms with van der Waals surface area (Å²) >= 11 is 0. The number of aliphatic carboxylic acids is 1. The van der Waals surface area contributed by atoms with Crippen LogP contribution in [0.3, 0.4) is 0 Å². The molecule has 1 atom stereocenters. The molecule has 0 unspecified atom stereocenters. The van der Waals surface area contributed by atoms with Crippen molar-refractivity contribution in [3.05, 3.63) is 0 Å². The molecular weight excluding hydrogens is 290 g/mol. The van der Waals surface area contributed by atoms with Crippen LogP contribution in [-0.2, 0) is 23.9 Å². The Morgan fingerprint density at radius 3 is 2.00 bits per heavy atom. The topological polar surface area (TPSA) is 102 Å². The normalized spacial score (nSPS) is 11.3. The summed E-state index contributed by atoms with van der Waals surface area (Å²) in [5.74, 6) is -1.05. The molecule has 0 aliphatic carbocycles. The molecule has 0 aromatic carbocycles. The highest BCUT2D eigenvalue weighted by Crippen LogP contribution is 1.91. The Hall–Kier alpha value is -1.31. The number of nitrogens with one attached hydrogen (secondary N) is 1. The Kier molecular flexibility index (Phi) is 16.8. The fraction of sp³-hybridized carbons (Fsp3) is 0.800. The minimum absolute atomic E-state index is 0.0475. The van der Waals surface area contributed by atoms with Gasteiger partial charge in [0.25, 0.3) is 0 Å². The Labute approximate surface area is 132 Å². The molecule has 0 radical (unpaired) electrons. The number of carboxylic acids is 1. The number of carbonyl (C=O) groups is 3. The summed E-state index contributed by atoms with van der Waals surface area (Å²) in [7, 11) is 1.52. The Bertz CT molecular complexity index is 319. The van der Waals surface area contributed by atoms with E-state index in [0.717, 1.165) is 19.4 Å². The Balaban J connectivity index is 0. The SMILES string of the molecule is CCCCOCCOCC(C)=O.CN[C@@H](CC(C)=O)C(=O)O. The molecule has 0 fully saturated rings. The second kappa shape index (κ2) is 16.1. The van der Waals surface area contributed by atoms with Crippen LogP contribution in [0.1, 0.15) is 40.0 Å². The van der Waals surface area contributed by atoms with E-state index in [4.69, 9.17) is 14.6 Å². The van der Waals surface area contributed by atoms with Gasteiger partial charge in [0.2, 0.25) is 0 Å². The van der Waals surface area contributed by atoms with Crippen LogP contribution in [0.25, 0.3) is 0 Å². The molecule has 0 amide bonds. The molecule has 0 bridgehead atoms. The number of carboxylic acid groups (broad SMARTS) is 1. The first-order chi connectivity index (χ1) is 10.3. The van der Waals surface area contributed by atoms with Crippen LogP contribution in [0, 0.1) is 0 Å². The average molecular weight is 319 g/mol. The third-order valence-electron chi connectivity index (χ3n) is 2.46. The van der Waals surface area contributed by atoms with E-state index < -0.39 is 12.0 Å². The van der Waals surface area contributed by atoms with Crippen LogP contribution in [0.5, 0.6) is 0 Å². The van der Waals surface area contributed by atoms with E-state index in [2.05, 4.69) is 12.2 Å². The monoisotopic (exact) mass is 319 g/mol. The van der Waals surface area contributed by atoms with E-state index in [1.807, 2.05) is 0 Å². The summed E-state index contributed by atoms with van der Waals surface area (Å²) in [5.41, 5.74) is 0. The number of Topliss-reactive ketones (excluding diaryl/α,β-unsaturated/α-hetero) is 2. The minimum atomic E-state index is -0.988. The number of hydrogen-bond donors (Lipinski definition) is 2. The predicted octanol–water partition coefficient (Wildman–Crippen LogP) is 1.05. The number of ether oxygens (including phenoxy) is 2. The lowest BCUT2D eigenvalue weighted by molar-refractivity contribution is -0.140. The number of carbonyl (C=O) groups excluding carboxylic acids is 2. The van der Waals surface area contributed by atoms with Crippen molar-refractivity contribution in [2.24, 2.45) is 0 Å². The van der Waals surface area contributed by atoms with Gasteiger partial charge in [-0.3, -0.25) is 14.4 Å². The number of rotatable bonds is 12. The van der Waals surface area contributed by atoms with E-state index in [-0.39, 0.29) is 24.6 Å². The molecule has 0 aliphatic rings. The lowest BCUT2D eigenvalue weighted by atomic mass is 10.1. The molecule has 7 nitrogen and oxygen atoms in total. The van der Waals surface area contributed by atoms with Gasteiger partial charge in [-0.25, -0.2) is 0 Å². The zero-order valence-corrected chi connectivity index (χ0v) is 14.0. The summed E-state index contributed by atoms with van der Waals surface area (Å²) in [6, 6.07) is -0.738. The van der Waals surface area contributed by atoms with Gasteiger partial charge in [-0.1, -0.05) is 13.3 Å². The maximum absolute atomic E-state index is 10.4. The van der Waals surface area contributed by atoms with E-state index in [9.17, 15) is 14.4 Å². The molecule has 0 spiro atoms. The number of likely N-dealkylation sites (N-methyl/N-ethyl adjacent to an activating group) is 1. The quantitative estimate of drug-likeness (QED) is 0.518. The third-order valence-corrected chi connectivity index (χ3v) is 2.46. The van der Waals surface area contributed by atoms with Crippen molar-refractivity contribution in [1.29, 1.82) is 0 Å². The maximum Gasteiger partial charge on any atom is 0.321 e. The highest BCUT2D eigenvalue weighted by Gasteiger charge is 2.15. The Morgan fingerprint density at radius 2 is 1.64 bits per heavy atom. The zero-order valence-electron chi connectivity index (χ0n) is 14.0. The molecule has 0 rings (SSSR count). The zero-order chi connectivity index (χ0) is 17.4. The van der Waals surface area contributed by atoms with Gasteiger partial charge < -0.3 is 19.9 Å². The summed E-state index contributed by atoms with van der Waals surface area (Å²) < 4.78 is 10.2. The molecule has 2 N–H and O–H groups in total. The van der Waals surface area contributed by atoms with Crippen molar-refractivity contribution in [2.75, 3.05) is 33.5 Å². The largest absolute Gasteiger partial charge is 0.480 e. The van der Waals surface area contributed by atoms with Gasteiger partial charge >= 0.3 is 5.97 Å². The van der Waals surface area contributed by atoms with Crippen LogP contribution in [-0.4, -0.2) is 62.2 Å². The van der Waals surface area contributed by atoms with Crippen LogP contribution >= 0.6 is 0 Å². The third kappa shape index (κ3) is 18.7. The van der Waals surface area contributed by atoms with Gasteiger partial charge in [0.1, 0.15) is 18.4 Å². The first-order valence-electron chi connectivity index (χ1n) is 7.39. The maximum atomic E-state index is 10.4. The lowest BCUT2D eigenvalue weighted by Crippen LogP contribution is -2.35. The first-order valence-corrected chi connectivity index (χ1v) is 7.39. The summed E-state index contributed by atoms with van der Waals surface area (Å²) in [4.78, 5) is 31.1. The number of hydrogen-bond acceptors (Lipinski definition) is 6. The summed E-state index contributed by atoms with van der Waals surface area (Å²) in [5, 5.41) is 10.9. The molecule has 0 saturated carbocycles. The number of unbranched alkanes of at least 4 members (excludes halogenated alkanes) is 1. The highest BCUT2D eigenvalue weighted by atomic mass is 16.5. The van der Waals surface area contributed by atoms with Crippen molar-refractivity contribution in [3.8, 4) is 0 Å². The van der Waals surface area contributed by atoms with Crippen molar-refractivity contribution < 1.29 is 29.0 Å². The highest BCUT2D eigenvalue weighted by molar-refractivity contribution is 5.84. The van der Waals surface area contributed by atoms with E-state index in [1.165, 1.54) is 20.9 Å². The fourth-order valence-electron chi connectivity index (χ4n) is 1.28. The second-order valence-corrected chi connectivity index (χ2v) is 4.81. The summed E-state index contributed by atoms with van der Waals surface area (Å²) in [6.45, 7) is 7.11. The van der Waals surface area contributed by atoms with Gasteiger partial charge in [-0.2, -0.15) is 0 Å². The van der Waals surface area contributed by atoms with Crippen LogP contribution in [0.15, 0.2) is 0 Å². The van der Waals surface area contributed by atoms with Gasteiger partial charge in [-0.15, -0.1) is 0 Å². The molecule has 0 aliphatic heterocycles. The summed E-state index contributed by atoms with van der Waals surface area (Å²) in [6.07, 6.45) is 2.28. The van der Waals surface area contributed by atoms with Gasteiger partial charge in [0.15, 0.2) is 5.78 Å². The van der Waals surface area contributed by atoms with Crippen molar-refractivity contribution in [2.45, 2.75) is 46.1 Å². The number of ketones is 2. The molecule has 0 heterocycles. The molecule has 130 valence electrons. The smallest absolute Gasteiger partial charge is 0.321 e. The van der Waals surface area contributed by atoms with Crippen molar-refractivity contribution in [1.82, 2.24) is 5.32 Å². The van der Waals surface area contributed by atoms with E-state index >= 15 is 0 Å². The lowest BCUT2D eigenvalue weighted by Gasteiger charge is -2.06. The van der Waals surface area contributed by atoms with E-state index in [0.29, 0.717) is 13.2 Å². The Morgan fingerprint density at radius 1 is 1.05 bits per heavy atom. The van der Waals surface area contributed by atoms with Crippen LogP contribution in [0.4, 0.5) is 0 Å².